The van der Waals surface area contributed by atoms with E-state index < -0.39 is 11.8 Å². The fourth-order valence-corrected chi connectivity index (χ4v) is 5.35. The van der Waals surface area contributed by atoms with Gasteiger partial charge >= 0.3 is 17.8 Å². The zero-order chi connectivity index (χ0) is 29.8. The lowest BCUT2D eigenvalue weighted by Gasteiger charge is -2.28. The molecule has 3 aromatic rings. The zero-order valence-electron chi connectivity index (χ0n) is 24.5. The van der Waals surface area contributed by atoms with Crippen LogP contribution in [0.3, 0.4) is 0 Å². The molecule has 5 heterocycles. The lowest BCUT2D eigenvalue weighted by Crippen LogP contribution is -2.49. The fourth-order valence-electron chi connectivity index (χ4n) is 5.35. The number of carbonyl (C=O) groups excluding carboxylic acids is 2. The average Bonchev–Trinajstić information content (AvgIpc) is 3.43. The van der Waals surface area contributed by atoms with E-state index in [1.54, 1.807) is 16.8 Å². The van der Waals surface area contributed by atoms with Crippen LogP contribution in [0.15, 0.2) is 37.2 Å². The van der Waals surface area contributed by atoms with Crippen molar-refractivity contribution in [2.75, 3.05) is 43.4 Å². The van der Waals surface area contributed by atoms with Crippen LogP contribution in [-0.4, -0.2) is 75.6 Å². The van der Waals surface area contributed by atoms with Crippen LogP contribution in [0.5, 0.6) is 6.01 Å². The van der Waals surface area contributed by atoms with Crippen LogP contribution in [-0.2, 0) is 16.1 Å². The van der Waals surface area contributed by atoms with Gasteiger partial charge in [-0.05, 0) is 51.3 Å². The van der Waals surface area contributed by atoms with E-state index in [9.17, 15) is 14.8 Å². The maximum Gasteiger partial charge on any atom is 0.340 e. The number of pyridine rings is 1. The molecule has 2 aliphatic rings. The predicted molar refractivity (Wildman–Crippen MR) is 157 cm³/mol. The van der Waals surface area contributed by atoms with Gasteiger partial charge in [0.2, 0.25) is 5.95 Å². The van der Waals surface area contributed by atoms with Crippen LogP contribution in [0, 0.1) is 11.1 Å². The summed E-state index contributed by atoms with van der Waals surface area (Å²) < 4.78 is 8.39. The molecule has 0 aromatic carbocycles. The van der Waals surface area contributed by atoms with Gasteiger partial charge in [0.15, 0.2) is 5.65 Å². The number of hydrogen-bond donors (Lipinski definition) is 2. The van der Waals surface area contributed by atoms with Crippen molar-refractivity contribution in [2.24, 2.45) is 5.92 Å². The van der Waals surface area contributed by atoms with Gasteiger partial charge in [0.25, 0.3) is 5.82 Å². The van der Waals surface area contributed by atoms with Crippen molar-refractivity contribution in [2.45, 2.75) is 58.1 Å². The van der Waals surface area contributed by atoms with Crippen LogP contribution < -0.4 is 25.0 Å². The Labute approximate surface area is 245 Å². The highest BCUT2D eigenvalue weighted by Crippen LogP contribution is 2.25. The SMILES string of the molecule is C=CC(=O)N(C(=O)C1CCCNC1)c1ccc(CNc2nc(OC3CCN(C)CC3)nc3c(C(C)C)cnn23)c[n+]1[O-]. The van der Waals surface area contributed by atoms with Crippen LogP contribution >= 0.6 is 0 Å². The molecule has 1 unspecified atom stereocenters. The van der Waals surface area contributed by atoms with Crippen molar-refractivity contribution < 1.29 is 19.1 Å². The monoisotopic (exact) mass is 577 g/mol. The number of carbonyl (C=O) groups is 2. The van der Waals surface area contributed by atoms with E-state index in [-0.39, 0.29) is 36.3 Å². The number of nitrogens with one attached hydrogen (secondary N) is 2. The molecule has 2 N–H and O–H groups in total. The first-order valence-electron chi connectivity index (χ1n) is 14.5. The van der Waals surface area contributed by atoms with Gasteiger partial charge in [-0.3, -0.25) is 0 Å². The van der Waals surface area contributed by atoms with E-state index in [1.165, 1.54) is 12.3 Å². The van der Waals surface area contributed by atoms with Crippen molar-refractivity contribution in [3.05, 3.63) is 53.5 Å². The van der Waals surface area contributed by atoms with Crippen molar-refractivity contribution in [1.29, 1.82) is 0 Å². The van der Waals surface area contributed by atoms with Crippen molar-refractivity contribution in [3.8, 4) is 6.01 Å². The molecule has 3 aromatic heterocycles. The molecule has 5 rings (SSSR count). The van der Waals surface area contributed by atoms with Gasteiger partial charge in [0.1, 0.15) is 6.10 Å². The van der Waals surface area contributed by atoms with Gasteiger partial charge in [0.05, 0.1) is 18.3 Å². The van der Waals surface area contributed by atoms with E-state index in [0.717, 1.165) is 55.4 Å². The highest BCUT2D eigenvalue weighted by molar-refractivity contribution is 6.18. The minimum absolute atomic E-state index is 0.0298. The first kappa shape index (κ1) is 29.4. The molecule has 0 spiro atoms. The van der Waals surface area contributed by atoms with E-state index >= 15 is 0 Å². The molecular weight excluding hydrogens is 538 g/mol. The fraction of sp³-hybridized carbons (Fsp3) is 0.517. The number of rotatable bonds is 9. The number of amides is 2. The molecule has 224 valence electrons. The van der Waals surface area contributed by atoms with E-state index in [1.807, 2.05) is 0 Å². The summed E-state index contributed by atoms with van der Waals surface area (Å²) in [7, 11) is 2.10. The van der Waals surface area contributed by atoms with Gasteiger partial charge in [0, 0.05) is 49.4 Å². The third-order valence-electron chi connectivity index (χ3n) is 7.83. The number of nitrogens with zero attached hydrogens (tertiary/aromatic N) is 7. The molecule has 2 aliphatic heterocycles. The molecule has 0 aliphatic carbocycles. The Bertz CT molecular complexity index is 1440. The summed E-state index contributed by atoms with van der Waals surface area (Å²) in [6.45, 7) is 11.1. The summed E-state index contributed by atoms with van der Waals surface area (Å²) >= 11 is 0. The maximum atomic E-state index is 13.2. The Hall–Kier alpha value is -4.10. The summed E-state index contributed by atoms with van der Waals surface area (Å²) in [5.41, 5.74) is 2.25. The van der Waals surface area contributed by atoms with Gasteiger partial charge < -0.3 is 25.5 Å². The third kappa shape index (κ3) is 6.36. The summed E-state index contributed by atoms with van der Waals surface area (Å²) in [5.74, 6) is -0.878. The Kier molecular flexibility index (Phi) is 8.97. The molecule has 0 bridgehead atoms. The molecule has 2 saturated heterocycles. The molecule has 13 heteroatoms. The number of aromatic nitrogens is 5. The smallest absolute Gasteiger partial charge is 0.340 e. The van der Waals surface area contributed by atoms with Crippen molar-refractivity contribution >= 4 is 29.2 Å². The molecule has 42 heavy (non-hydrogen) atoms. The first-order chi connectivity index (χ1) is 20.2. The van der Waals surface area contributed by atoms with Gasteiger partial charge in [-0.25, -0.2) is 14.3 Å². The summed E-state index contributed by atoms with van der Waals surface area (Å²) in [6.07, 6.45) is 7.46. The highest BCUT2D eigenvalue weighted by atomic mass is 16.5. The number of ether oxygens (including phenoxy) is 1. The number of piperidine rings is 2. The van der Waals surface area contributed by atoms with Crippen LogP contribution in [0.1, 0.15) is 56.6 Å². The number of hydrogen-bond acceptors (Lipinski definition) is 10. The predicted octanol–water partition coefficient (Wildman–Crippen LogP) is 2.01. The second-order valence-corrected chi connectivity index (χ2v) is 11.3. The van der Waals surface area contributed by atoms with Gasteiger partial charge in [-0.2, -0.15) is 19.6 Å². The van der Waals surface area contributed by atoms with Crippen LogP contribution in [0.4, 0.5) is 11.8 Å². The molecule has 1 atom stereocenters. The average molecular weight is 578 g/mol. The van der Waals surface area contributed by atoms with Crippen molar-refractivity contribution in [3.63, 3.8) is 0 Å². The Morgan fingerprint density at radius 3 is 2.74 bits per heavy atom. The summed E-state index contributed by atoms with van der Waals surface area (Å²) in [4.78, 5) is 38.4. The molecule has 13 nitrogen and oxygen atoms in total. The molecular formula is C29H39N9O4. The Morgan fingerprint density at radius 2 is 2.07 bits per heavy atom. The quantitative estimate of drug-likeness (QED) is 0.220. The normalized spacial score (nSPS) is 18.2. The van der Waals surface area contributed by atoms with Crippen molar-refractivity contribution in [1.82, 2.24) is 29.8 Å². The van der Waals surface area contributed by atoms with Gasteiger partial charge in [-0.15, -0.1) is 4.90 Å². The zero-order valence-corrected chi connectivity index (χ0v) is 24.5. The molecule has 2 amide bonds. The second-order valence-electron chi connectivity index (χ2n) is 11.3. The molecule has 0 saturated carbocycles. The number of anilines is 2. The number of fused-ring (bicyclic) bond motifs is 1. The lowest BCUT2D eigenvalue weighted by molar-refractivity contribution is -0.591. The van der Waals surface area contributed by atoms with E-state index in [4.69, 9.17) is 4.74 Å². The topological polar surface area (TPSA) is 144 Å². The first-order valence-corrected chi connectivity index (χ1v) is 14.5. The largest absolute Gasteiger partial charge is 0.711 e. The number of imide groups is 1. The lowest BCUT2D eigenvalue weighted by atomic mass is 9.98. The second kappa shape index (κ2) is 12.8. The Morgan fingerprint density at radius 1 is 1.29 bits per heavy atom. The summed E-state index contributed by atoms with van der Waals surface area (Å²) in [6, 6.07) is 3.46. The highest BCUT2D eigenvalue weighted by Gasteiger charge is 2.37. The van der Waals surface area contributed by atoms with Crippen LogP contribution in [0.25, 0.3) is 5.65 Å². The molecule has 0 radical (unpaired) electrons. The van der Waals surface area contributed by atoms with Gasteiger partial charge in [-0.1, -0.05) is 20.4 Å². The number of likely N-dealkylation sites (tertiary alicyclic amines) is 1. The van der Waals surface area contributed by atoms with E-state index in [2.05, 4.69) is 58.1 Å². The maximum absolute atomic E-state index is 13.2. The minimum atomic E-state index is -0.638. The van der Waals surface area contributed by atoms with Crippen LogP contribution in [0.2, 0.25) is 0 Å². The minimum Gasteiger partial charge on any atom is -0.711 e. The standard InChI is InChI=1S/C29H39N9O4/c1-5-25(39)37(27(40)21-7-6-12-30-16-21)24-9-8-20(18-36(24)41)15-31-28-34-29(42-22-10-13-35(4)14-11-22)33-26-23(19(2)3)17-32-38(26)28/h5,8-9,17-19,21-22,30H,1,6-7,10-16H2,2-4H3,(H,31,33,34). The summed E-state index contributed by atoms with van der Waals surface area (Å²) in [5, 5.41) is 24.1. The molecule has 2 fully saturated rings. The van der Waals surface area contributed by atoms with E-state index in [0.29, 0.717) is 34.9 Å². The third-order valence-corrected chi connectivity index (χ3v) is 7.83. The Balaban J connectivity index is 1.37.